The molecule has 0 spiro atoms. The molecule has 5 heteroatoms. The van der Waals surface area contributed by atoms with Crippen molar-refractivity contribution in [2.75, 3.05) is 27.2 Å². The molecule has 0 aromatic heterocycles. The lowest BCUT2D eigenvalue weighted by Crippen LogP contribution is -2.59. The maximum absolute atomic E-state index is 12.8. The Morgan fingerprint density at radius 3 is 2.53 bits per heavy atom. The molecule has 0 aromatic carbocycles. The van der Waals surface area contributed by atoms with Gasteiger partial charge in [0.25, 0.3) is 0 Å². The van der Waals surface area contributed by atoms with Crippen LogP contribution in [0.25, 0.3) is 0 Å². The second-order valence-electron chi connectivity index (χ2n) is 6.47. The van der Waals surface area contributed by atoms with Gasteiger partial charge in [-0.2, -0.15) is 0 Å². The molecule has 2 fully saturated rings. The SMILES string of the molecule is CC1CC(C(=O)N2CCCC(N(C)C)C2)(C(N)=S)C1. The van der Waals surface area contributed by atoms with Crippen molar-refractivity contribution in [3.05, 3.63) is 0 Å². The van der Waals surface area contributed by atoms with E-state index in [2.05, 4.69) is 25.9 Å². The van der Waals surface area contributed by atoms with E-state index in [9.17, 15) is 4.79 Å². The molecule has 1 aliphatic carbocycles. The van der Waals surface area contributed by atoms with Gasteiger partial charge in [-0.3, -0.25) is 4.79 Å². The third-order valence-electron chi connectivity index (χ3n) is 4.69. The quantitative estimate of drug-likeness (QED) is 0.792. The third-order valence-corrected chi connectivity index (χ3v) is 5.08. The molecule has 0 aromatic rings. The molecule has 0 radical (unpaired) electrons. The maximum atomic E-state index is 12.8. The second kappa shape index (κ2) is 5.37. The fourth-order valence-electron chi connectivity index (χ4n) is 3.47. The fraction of sp³-hybridized carbons (Fsp3) is 0.857. The van der Waals surface area contributed by atoms with E-state index in [0.717, 1.165) is 38.8 Å². The average Bonchev–Trinajstić information content (AvgIpc) is 2.33. The van der Waals surface area contributed by atoms with Crippen LogP contribution < -0.4 is 5.73 Å². The minimum absolute atomic E-state index is 0.171. The number of carbonyl (C=O) groups excluding carboxylic acids is 1. The lowest BCUT2D eigenvalue weighted by molar-refractivity contribution is -0.146. The van der Waals surface area contributed by atoms with Gasteiger partial charge >= 0.3 is 0 Å². The highest BCUT2D eigenvalue weighted by Crippen LogP contribution is 2.47. The number of likely N-dealkylation sites (tertiary alicyclic amines) is 1. The number of hydrogen-bond acceptors (Lipinski definition) is 3. The van der Waals surface area contributed by atoms with E-state index < -0.39 is 5.41 Å². The summed E-state index contributed by atoms with van der Waals surface area (Å²) in [5.74, 6) is 0.726. The summed E-state index contributed by atoms with van der Waals surface area (Å²) in [7, 11) is 4.15. The Bertz CT molecular complexity index is 377. The van der Waals surface area contributed by atoms with Gasteiger partial charge in [-0.15, -0.1) is 0 Å². The minimum atomic E-state index is -0.539. The smallest absolute Gasteiger partial charge is 0.235 e. The highest BCUT2D eigenvalue weighted by molar-refractivity contribution is 7.80. The standard InChI is InChI=1S/C14H25N3OS/c1-10-7-14(8-10,12(15)19)13(18)17-6-4-5-11(9-17)16(2)3/h10-11H,4-9H2,1-3H3,(H2,15,19). The van der Waals surface area contributed by atoms with Crippen molar-refractivity contribution in [3.8, 4) is 0 Å². The zero-order chi connectivity index (χ0) is 14.2. The fourth-order valence-corrected chi connectivity index (χ4v) is 3.73. The molecular formula is C14H25N3OS. The number of likely N-dealkylation sites (N-methyl/N-ethyl adjacent to an activating group) is 1. The van der Waals surface area contributed by atoms with Crippen molar-refractivity contribution >= 4 is 23.1 Å². The summed E-state index contributed by atoms with van der Waals surface area (Å²) < 4.78 is 0. The molecule has 2 N–H and O–H groups in total. The van der Waals surface area contributed by atoms with Crippen molar-refractivity contribution in [1.29, 1.82) is 0 Å². The molecule has 1 atom stereocenters. The summed E-state index contributed by atoms with van der Waals surface area (Å²) >= 11 is 5.18. The molecule has 1 saturated heterocycles. The highest BCUT2D eigenvalue weighted by Gasteiger charge is 2.52. The number of amides is 1. The molecular weight excluding hydrogens is 258 g/mol. The van der Waals surface area contributed by atoms with E-state index in [1.54, 1.807) is 0 Å². The second-order valence-corrected chi connectivity index (χ2v) is 6.91. The number of rotatable bonds is 3. The molecule has 2 aliphatic rings. The first-order valence-corrected chi connectivity index (χ1v) is 7.53. The minimum Gasteiger partial charge on any atom is -0.392 e. The molecule has 1 aliphatic heterocycles. The van der Waals surface area contributed by atoms with Crippen molar-refractivity contribution in [1.82, 2.24) is 9.80 Å². The van der Waals surface area contributed by atoms with Gasteiger partial charge in [0, 0.05) is 19.1 Å². The normalized spacial score (nSPS) is 35.1. The summed E-state index contributed by atoms with van der Waals surface area (Å²) in [6, 6.07) is 0.457. The van der Waals surface area contributed by atoms with Crippen molar-refractivity contribution in [2.45, 2.75) is 38.6 Å². The van der Waals surface area contributed by atoms with Gasteiger partial charge in [0.2, 0.25) is 5.91 Å². The van der Waals surface area contributed by atoms with Crippen LogP contribution in [-0.4, -0.2) is 53.9 Å². The van der Waals surface area contributed by atoms with Gasteiger partial charge in [0.05, 0.1) is 10.4 Å². The number of carbonyl (C=O) groups is 1. The summed E-state index contributed by atoms with van der Waals surface area (Å²) in [4.78, 5) is 17.4. The van der Waals surface area contributed by atoms with Crippen LogP contribution in [-0.2, 0) is 4.79 Å². The summed E-state index contributed by atoms with van der Waals surface area (Å²) in [6.45, 7) is 3.81. The molecule has 2 rings (SSSR count). The molecule has 0 bridgehead atoms. The Hall–Kier alpha value is -0.680. The molecule has 108 valence electrons. The molecule has 1 unspecified atom stereocenters. The zero-order valence-corrected chi connectivity index (χ0v) is 13.0. The Morgan fingerprint density at radius 2 is 2.05 bits per heavy atom. The van der Waals surface area contributed by atoms with E-state index in [1.807, 2.05) is 4.90 Å². The number of piperidine rings is 1. The van der Waals surface area contributed by atoms with Crippen LogP contribution in [0.5, 0.6) is 0 Å². The summed E-state index contributed by atoms with van der Waals surface area (Å²) in [6.07, 6.45) is 3.87. The molecule has 19 heavy (non-hydrogen) atoms. The van der Waals surface area contributed by atoms with Gasteiger partial charge in [-0.1, -0.05) is 19.1 Å². The van der Waals surface area contributed by atoms with Crippen LogP contribution in [0.3, 0.4) is 0 Å². The Morgan fingerprint density at radius 1 is 1.42 bits per heavy atom. The lowest BCUT2D eigenvalue weighted by Gasteiger charge is -2.48. The van der Waals surface area contributed by atoms with Crippen LogP contribution in [0.1, 0.15) is 32.6 Å². The number of nitrogens with zero attached hydrogens (tertiary/aromatic N) is 2. The highest BCUT2D eigenvalue weighted by atomic mass is 32.1. The van der Waals surface area contributed by atoms with Crippen molar-refractivity contribution < 1.29 is 4.79 Å². The Labute approximate surface area is 121 Å². The largest absolute Gasteiger partial charge is 0.392 e. The first-order chi connectivity index (χ1) is 8.86. The predicted octanol–water partition coefficient (Wildman–Crippen LogP) is 1.24. The lowest BCUT2D eigenvalue weighted by atomic mass is 9.61. The van der Waals surface area contributed by atoms with Crippen LogP contribution >= 0.6 is 12.2 Å². The summed E-state index contributed by atoms with van der Waals surface area (Å²) in [5.41, 5.74) is 5.33. The van der Waals surface area contributed by atoms with Crippen molar-refractivity contribution in [2.24, 2.45) is 17.1 Å². The van der Waals surface area contributed by atoms with E-state index in [4.69, 9.17) is 18.0 Å². The Balaban J connectivity index is 2.08. The predicted molar refractivity (Wildman–Crippen MR) is 80.9 cm³/mol. The maximum Gasteiger partial charge on any atom is 0.235 e. The van der Waals surface area contributed by atoms with Crippen LogP contribution in [0.2, 0.25) is 0 Å². The van der Waals surface area contributed by atoms with Gasteiger partial charge in [-0.25, -0.2) is 0 Å². The van der Waals surface area contributed by atoms with Crippen molar-refractivity contribution in [3.63, 3.8) is 0 Å². The monoisotopic (exact) mass is 283 g/mol. The van der Waals surface area contributed by atoms with Gasteiger partial charge in [0.15, 0.2) is 0 Å². The topological polar surface area (TPSA) is 49.6 Å². The number of thiocarbonyl (C=S) groups is 1. The van der Waals surface area contributed by atoms with Gasteiger partial charge in [0.1, 0.15) is 0 Å². The van der Waals surface area contributed by atoms with E-state index in [1.165, 1.54) is 0 Å². The first-order valence-electron chi connectivity index (χ1n) is 7.12. The Kier molecular flexibility index (Phi) is 4.16. The number of nitrogens with two attached hydrogens (primary N) is 1. The van der Waals surface area contributed by atoms with Crippen LogP contribution in [0.4, 0.5) is 0 Å². The van der Waals surface area contributed by atoms with Crippen LogP contribution in [0.15, 0.2) is 0 Å². The molecule has 1 amide bonds. The molecule has 1 saturated carbocycles. The zero-order valence-electron chi connectivity index (χ0n) is 12.2. The summed E-state index contributed by atoms with van der Waals surface area (Å²) in [5, 5.41) is 0. The van der Waals surface area contributed by atoms with E-state index in [-0.39, 0.29) is 5.91 Å². The number of hydrogen-bond donors (Lipinski definition) is 1. The average molecular weight is 283 g/mol. The van der Waals surface area contributed by atoms with Gasteiger partial charge in [-0.05, 0) is 45.7 Å². The van der Waals surface area contributed by atoms with E-state index in [0.29, 0.717) is 16.9 Å². The molecule has 4 nitrogen and oxygen atoms in total. The van der Waals surface area contributed by atoms with Gasteiger partial charge < -0.3 is 15.5 Å². The third kappa shape index (κ3) is 2.63. The van der Waals surface area contributed by atoms with E-state index >= 15 is 0 Å². The first kappa shape index (κ1) is 14.7. The molecule has 1 heterocycles. The van der Waals surface area contributed by atoms with Crippen LogP contribution in [0, 0.1) is 11.3 Å².